The summed E-state index contributed by atoms with van der Waals surface area (Å²) < 4.78 is 53.4. The van der Waals surface area contributed by atoms with E-state index in [2.05, 4.69) is 0 Å². The minimum Gasteiger partial charge on any atom is -0.481 e. The van der Waals surface area contributed by atoms with Gasteiger partial charge in [-0.25, -0.2) is 4.39 Å². The molecule has 24 heavy (non-hydrogen) atoms. The number of primary amides is 1. The monoisotopic (exact) mass is 348 g/mol. The summed E-state index contributed by atoms with van der Waals surface area (Å²) in [6.45, 7) is -1.64. The van der Waals surface area contributed by atoms with Crippen LogP contribution in [0.3, 0.4) is 0 Å². The molecule has 1 fully saturated rings. The number of likely N-dealkylation sites (tertiary alicyclic amines) is 1. The van der Waals surface area contributed by atoms with Gasteiger partial charge in [0.15, 0.2) is 5.41 Å². The summed E-state index contributed by atoms with van der Waals surface area (Å²) >= 11 is 0. The Morgan fingerprint density at radius 3 is 2.25 bits per heavy atom. The van der Waals surface area contributed by atoms with Crippen molar-refractivity contribution in [3.05, 3.63) is 35.1 Å². The van der Waals surface area contributed by atoms with Crippen molar-refractivity contribution in [2.75, 3.05) is 13.1 Å². The normalized spacial score (nSPS) is 20.9. The van der Waals surface area contributed by atoms with Gasteiger partial charge in [0, 0.05) is 13.1 Å². The first-order chi connectivity index (χ1) is 11.0. The molecule has 1 aromatic rings. The van der Waals surface area contributed by atoms with E-state index in [1.54, 1.807) is 0 Å². The highest BCUT2D eigenvalue weighted by molar-refractivity contribution is 6.00. The van der Waals surface area contributed by atoms with Crippen LogP contribution in [-0.4, -0.2) is 47.1 Å². The molecule has 0 aliphatic carbocycles. The van der Waals surface area contributed by atoms with Gasteiger partial charge in [-0.2, -0.15) is 13.2 Å². The van der Waals surface area contributed by atoms with Gasteiger partial charge in [0.1, 0.15) is 5.82 Å². The average molecular weight is 348 g/mol. The van der Waals surface area contributed by atoms with Gasteiger partial charge in [-0.15, -0.1) is 0 Å². The van der Waals surface area contributed by atoms with E-state index in [0.717, 1.165) is 18.2 Å². The van der Waals surface area contributed by atoms with E-state index in [-0.39, 0.29) is 0 Å². The average Bonchev–Trinajstić information content (AvgIpc) is 2.92. The second-order valence-corrected chi connectivity index (χ2v) is 5.39. The van der Waals surface area contributed by atoms with Gasteiger partial charge in [-0.1, -0.05) is 6.07 Å². The van der Waals surface area contributed by atoms with Crippen molar-refractivity contribution in [2.45, 2.75) is 12.6 Å². The predicted molar refractivity (Wildman–Crippen MR) is 71.6 cm³/mol. The van der Waals surface area contributed by atoms with Crippen molar-refractivity contribution in [1.82, 2.24) is 4.90 Å². The molecule has 2 rings (SSSR count). The molecule has 0 spiro atoms. The largest absolute Gasteiger partial charge is 0.481 e. The van der Waals surface area contributed by atoms with E-state index in [1.165, 1.54) is 0 Å². The molecule has 1 aliphatic heterocycles. The Bertz CT molecular complexity index is 719. The highest BCUT2D eigenvalue weighted by atomic mass is 19.4. The molecule has 1 aromatic carbocycles. The van der Waals surface area contributed by atoms with Gasteiger partial charge >= 0.3 is 12.1 Å². The number of nitrogens with zero attached hydrogens (tertiary/aromatic N) is 1. The summed E-state index contributed by atoms with van der Waals surface area (Å²) in [7, 11) is 0. The molecular weight excluding hydrogens is 336 g/mol. The van der Waals surface area contributed by atoms with Gasteiger partial charge in [-0.3, -0.25) is 14.4 Å². The van der Waals surface area contributed by atoms with Crippen molar-refractivity contribution in [3.63, 3.8) is 0 Å². The van der Waals surface area contributed by atoms with Crippen LogP contribution < -0.4 is 5.73 Å². The molecule has 1 atom stereocenters. The Labute approximate surface area is 132 Å². The van der Waals surface area contributed by atoms with Gasteiger partial charge in [-0.05, 0) is 18.6 Å². The lowest BCUT2D eigenvalue weighted by molar-refractivity contribution is -0.227. The van der Waals surface area contributed by atoms with Gasteiger partial charge < -0.3 is 15.7 Å². The minimum absolute atomic E-state index is 0.509. The SMILES string of the molecule is NC(=O)c1cccc(C(=O)N2CCC(C(=O)O)(C(F)(F)F)C2)c1F. The molecule has 6 nitrogen and oxygen atoms in total. The highest BCUT2D eigenvalue weighted by Gasteiger charge is 2.64. The lowest BCUT2D eigenvalue weighted by Crippen LogP contribution is -2.47. The van der Waals surface area contributed by atoms with E-state index in [0.29, 0.717) is 4.90 Å². The fourth-order valence-electron chi connectivity index (χ4n) is 2.57. The molecule has 0 aromatic heterocycles. The number of hydrogen-bond acceptors (Lipinski definition) is 3. The number of rotatable bonds is 3. The van der Waals surface area contributed by atoms with Crippen LogP contribution in [0.2, 0.25) is 0 Å². The summed E-state index contributed by atoms with van der Waals surface area (Å²) in [6.07, 6.45) is -5.91. The molecule has 2 amide bonds. The fourth-order valence-corrected chi connectivity index (χ4v) is 2.57. The Morgan fingerprint density at radius 2 is 1.79 bits per heavy atom. The molecular formula is C14H12F4N2O4. The van der Waals surface area contributed by atoms with E-state index in [1.807, 2.05) is 0 Å². The molecule has 10 heteroatoms. The van der Waals surface area contributed by atoms with Crippen LogP contribution in [0.15, 0.2) is 18.2 Å². The number of nitrogens with two attached hydrogens (primary N) is 1. The number of benzene rings is 1. The van der Waals surface area contributed by atoms with Crippen LogP contribution >= 0.6 is 0 Å². The third kappa shape index (κ3) is 2.68. The van der Waals surface area contributed by atoms with E-state index in [4.69, 9.17) is 10.8 Å². The van der Waals surface area contributed by atoms with Crippen molar-refractivity contribution in [2.24, 2.45) is 11.1 Å². The van der Waals surface area contributed by atoms with Crippen LogP contribution in [0, 0.1) is 11.2 Å². The Balaban J connectivity index is 2.35. The number of aliphatic carboxylic acids is 1. The number of carboxylic acids is 1. The highest BCUT2D eigenvalue weighted by Crippen LogP contribution is 2.46. The first-order valence-electron chi connectivity index (χ1n) is 6.69. The standard InChI is InChI=1S/C14H12F4N2O4/c15-9-7(10(19)21)2-1-3-8(9)11(22)20-5-4-13(6-20,12(23)24)14(16,17)18/h1-3H,4-6H2,(H2,19,21)(H,23,24). The first kappa shape index (κ1) is 17.7. The molecule has 130 valence electrons. The van der Waals surface area contributed by atoms with Crippen LogP contribution in [-0.2, 0) is 4.79 Å². The zero-order chi connectivity index (χ0) is 18.3. The Kier molecular flexibility index (Phi) is 4.25. The zero-order valence-electron chi connectivity index (χ0n) is 12.1. The third-order valence-corrected chi connectivity index (χ3v) is 4.00. The molecule has 3 N–H and O–H groups in total. The second-order valence-electron chi connectivity index (χ2n) is 5.39. The molecule has 1 saturated heterocycles. The van der Waals surface area contributed by atoms with Crippen molar-refractivity contribution in [3.8, 4) is 0 Å². The lowest BCUT2D eigenvalue weighted by atomic mass is 9.86. The predicted octanol–water partition coefficient (Wildman–Crippen LogP) is 1.40. The number of halogens is 4. The number of carboxylic acid groups (broad SMARTS) is 1. The lowest BCUT2D eigenvalue weighted by Gasteiger charge is -2.27. The van der Waals surface area contributed by atoms with Crippen LogP contribution in [0.1, 0.15) is 27.1 Å². The summed E-state index contributed by atoms with van der Waals surface area (Å²) in [5, 5.41) is 8.95. The number of alkyl halides is 3. The number of carbonyl (C=O) groups excluding carboxylic acids is 2. The summed E-state index contributed by atoms with van der Waals surface area (Å²) in [5.74, 6) is -5.63. The van der Waals surface area contributed by atoms with Crippen molar-refractivity contribution in [1.29, 1.82) is 0 Å². The Morgan fingerprint density at radius 1 is 1.21 bits per heavy atom. The fraction of sp³-hybridized carbons (Fsp3) is 0.357. The number of hydrogen-bond donors (Lipinski definition) is 2. The molecule has 0 radical (unpaired) electrons. The maximum absolute atomic E-state index is 14.1. The van der Waals surface area contributed by atoms with E-state index in [9.17, 15) is 31.9 Å². The summed E-state index contributed by atoms with van der Waals surface area (Å²) in [4.78, 5) is 35.0. The smallest absolute Gasteiger partial charge is 0.406 e. The molecule has 1 heterocycles. The second kappa shape index (κ2) is 5.77. The number of carbonyl (C=O) groups is 3. The summed E-state index contributed by atoms with van der Waals surface area (Å²) in [6, 6.07) is 3.16. The molecule has 1 aliphatic rings. The maximum atomic E-state index is 14.1. The molecule has 0 saturated carbocycles. The summed E-state index contributed by atoms with van der Waals surface area (Å²) in [5.41, 5.74) is 0.623. The third-order valence-electron chi connectivity index (χ3n) is 4.00. The van der Waals surface area contributed by atoms with Crippen LogP contribution in [0.25, 0.3) is 0 Å². The van der Waals surface area contributed by atoms with E-state index >= 15 is 0 Å². The van der Waals surface area contributed by atoms with Crippen LogP contribution in [0.4, 0.5) is 17.6 Å². The Hall–Kier alpha value is -2.65. The quantitative estimate of drug-likeness (QED) is 0.807. The molecule has 0 bridgehead atoms. The maximum Gasteiger partial charge on any atom is 0.406 e. The van der Waals surface area contributed by atoms with Crippen LogP contribution in [0.5, 0.6) is 0 Å². The van der Waals surface area contributed by atoms with Gasteiger partial charge in [0.25, 0.3) is 11.8 Å². The number of amides is 2. The first-order valence-corrected chi connectivity index (χ1v) is 6.69. The molecule has 1 unspecified atom stereocenters. The topological polar surface area (TPSA) is 101 Å². The minimum atomic E-state index is -5.07. The van der Waals surface area contributed by atoms with Gasteiger partial charge in [0.2, 0.25) is 0 Å². The van der Waals surface area contributed by atoms with Crippen molar-refractivity contribution >= 4 is 17.8 Å². The van der Waals surface area contributed by atoms with Crippen molar-refractivity contribution < 1.29 is 37.1 Å². The van der Waals surface area contributed by atoms with E-state index < -0.39 is 65.8 Å². The van der Waals surface area contributed by atoms with Gasteiger partial charge in [0.05, 0.1) is 11.1 Å². The zero-order valence-corrected chi connectivity index (χ0v) is 12.1.